The van der Waals surface area contributed by atoms with Crippen LogP contribution in [0.1, 0.15) is 66.7 Å². The molecular formula is C20H32O2. The number of aliphatic hydroxyl groups is 1. The average Bonchev–Trinajstić information content (AvgIpc) is 2.92. The second-order valence-electron chi connectivity index (χ2n) is 8.22. The molecule has 0 aromatic carbocycles. The van der Waals surface area contributed by atoms with E-state index in [1.54, 1.807) is 0 Å². The third kappa shape index (κ3) is 4.10. The molecule has 0 saturated heterocycles. The van der Waals surface area contributed by atoms with Crippen LogP contribution in [-0.4, -0.2) is 17.0 Å². The van der Waals surface area contributed by atoms with Gasteiger partial charge in [-0.15, -0.1) is 0 Å². The van der Waals surface area contributed by atoms with Gasteiger partial charge in [-0.3, -0.25) is 4.79 Å². The Kier molecular flexibility index (Phi) is 5.32. The minimum atomic E-state index is -0.422. The van der Waals surface area contributed by atoms with Gasteiger partial charge in [-0.1, -0.05) is 44.1 Å². The second kappa shape index (κ2) is 6.70. The van der Waals surface area contributed by atoms with Crippen LogP contribution in [0, 0.1) is 23.2 Å². The summed E-state index contributed by atoms with van der Waals surface area (Å²) in [6.45, 7) is 10.9. The van der Waals surface area contributed by atoms with E-state index in [2.05, 4.69) is 27.7 Å². The van der Waals surface area contributed by atoms with Crippen molar-refractivity contribution in [3.8, 4) is 0 Å². The number of hydrogen-bond acceptors (Lipinski definition) is 2. The summed E-state index contributed by atoms with van der Waals surface area (Å²) in [5.41, 5.74) is 2.78. The molecule has 2 nitrogen and oxygen atoms in total. The highest BCUT2D eigenvalue weighted by Crippen LogP contribution is 2.63. The van der Waals surface area contributed by atoms with Crippen molar-refractivity contribution in [3.63, 3.8) is 0 Å². The van der Waals surface area contributed by atoms with Crippen LogP contribution in [0.25, 0.3) is 0 Å². The summed E-state index contributed by atoms with van der Waals surface area (Å²) in [5.74, 6) is 1.91. The molecule has 0 aliphatic heterocycles. The van der Waals surface area contributed by atoms with E-state index in [1.165, 1.54) is 12.0 Å². The third-order valence-corrected chi connectivity index (χ3v) is 5.95. The lowest BCUT2D eigenvalue weighted by Gasteiger charge is -2.12. The molecule has 0 aromatic rings. The second-order valence-corrected chi connectivity index (χ2v) is 8.22. The van der Waals surface area contributed by atoms with Gasteiger partial charge in [0.2, 0.25) is 0 Å². The molecule has 0 spiro atoms. The summed E-state index contributed by atoms with van der Waals surface area (Å²) >= 11 is 0. The smallest absolute Gasteiger partial charge is 0.139 e. The molecule has 1 fully saturated rings. The molecule has 2 heteroatoms. The van der Waals surface area contributed by atoms with E-state index in [9.17, 15) is 9.90 Å². The van der Waals surface area contributed by atoms with Crippen molar-refractivity contribution in [2.45, 2.75) is 72.8 Å². The maximum absolute atomic E-state index is 12.3. The summed E-state index contributed by atoms with van der Waals surface area (Å²) in [6.07, 6.45) is 8.01. The molecule has 1 saturated carbocycles. The minimum Gasteiger partial charge on any atom is -0.389 e. The van der Waals surface area contributed by atoms with Gasteiger partial charge in [0, 0.05) is 12.3 Å². The van der Waals surface area contributed by atoms with Gasteiger partial charge < -0.3 is 5.11 Å². The largest absolute Gasteiger partial charge is 0.389 e. The van der Waals surface area contributed by atoms with Crippen molar-refractivity contribution in [3.05, 3.63) is 23.3 Å². The Morgan fingerprint density at radius 2 is 1.86 bits per heavy atom. The number of allylic oxidation sites excluding steroid dienone is 2. The van der Waals surface area contributed by atoms with Gasteiger partial charge in [-0.25, -0.2) is 0 Å². The van der Waals surface area contributed by atoms with Crippen LogP contribution in [0.5, 0.6) is 0 Å². The van der Waals surface area contributed by atoms with E-state index in [0.29, 0.717) is 30.0 Å². The lowest BCUT2D eigenvalue weighted by atomic mass is 9.93. The van der Waals surface area contributed by atoms with Crippen LogP contribution >= 0.6 is 0 Å². The first-order valence-electron chi connectivity index (χ1n) is 8.75. The SMILES string of the molecule is CC1=C[C@H](O)CC(C)=CCC(=O)[C@H](C)C[C@@H]2[C@@H](CC1)C2(C)C. The van der Waals surface area contributed by atoms with E-state index >= 15 is 0 Å². The van der Waals surface area contributed by atoms with Gasteiger partial charge in [-0.2, -0.15) is 0 Å². The highest BCUT2D eigenvalue weighted by atomic mass is 16.3. The molecule has 0 heterocycles. The van der Waals surface area contributed by atoms with E-state index in [1.807, 2.05) is 19.1 Å². The molecule has 0 aromatic heterocycles. The Hall–Kier alpha value is -0.890. The zero-order valence-corrected chi connectivity index (χ0v) is 14.9. The first-order valence-corrected chi connectivity index (χ1v) is 8.75. The quantitative estimate of drug-likeness (QED) is 0.660. The van der Waals surface area contributed by atoms with Crippen LogP contribution in [0.15, 0.2) is 23.3 Å². The molecule has 2 aliphatic carbocycles. The van der Waals surface area contributed by atoms with Gasteiger partial charge in [-0.05, 0) is 56.8 Å². The summed E-state index contributed by atoms with van der Waals surface area (Å²) in [7, 11) is 0. The van der Waals surface area contributed by atoms with Crippen molar-refractivity contribution in [2.75, 3.05) is 0 Å². The Bertz CT molecular complexity index is 484. The van der Waals surface area contributed by atoms with E-state index < -0.39 is 6.10 Å². The Labute approximate surface area is 135 Å². The predicted molar refractivity (Wildman–Crippen MR) is 91.5 cm³/mol. The normalized spacial score (nSPS) is 36.7. The summed E-state index contributed by atoms with van der Waals surface area (Å²) < 4.78 is 0. The van der Waals surface area contributed by atoms with Crippen LogP contribution in [0.4, 0.5) is 0 Å². The lowest BCUT2D eigenvalue weighted by molar-refractivity contribution is -0.121. The predicted octanol–water partition coefficient (Wildman–Crippen LogP) is 4.68. The van der Waals surface area contributed by atoms with Gasteiger partial charge in [0.25, 0.3) is 0 Å². The average molecular weight is 304 g/mol. The number of carbonyl (C=O) groups is 1. The van der Waals surface area contributed by atoms with Crippen molar-refractivity contribution in [2.24, 2.45) is 23.2 Å². The first kappa shape index (κ1) is 17.5. The monoisotopic (exact) mass is 304 g/mol. The number of rotatable bonds is 0. The fourth-order valence-electron chi connectivity index (χ4n) is 4.15. The zero-order valence-electron chi connectivity index (χ0n) is 14.9. The third-order valence-electron chi connectivity index (χ3n) is 5.95. The van der Waals surface area contributed by atoms with Crippen molar-refractivity contribution >= 4 is 5.78 Å². The number of carbonyl (C=O) groups excluding carboxylic acids is 1. The molecule has 0 bridgehead atoms. The topological polar surface area (TPSA) is 37.3 Å². The fraction of sp³-hybridized carbons (Fsp3) is 0.750. The Balaban J connectivity index is 2.14. The Morgan fingerprint density at radius 3 is 2.55 bits per heavy atom. The summed E-state index contributed by atoms with van der Waals surface area (Å²) in [6, 6.07) is 0. The number of Topliss-reactive ketones (excluding diaryl/α,β-unsaturated/α-hetero) is 1. The first-order chi connectivity index (χ1) is 10.2. The maximum atomic E-state index is 12.3. The van der Waals surface area contributed by atoms with Gasteiger partial charge in [0.1, 0.15) is 5.78 Å². The molecule has 124 valence electrons. The van der Waals surface area contributed by atoms with E-state index in [-0.39, 0.29) is 5.92 Å². The van der Waals surface area contributed by atoms with E-state index in [0.717, 1.165) is 24.3 Å². The molecule has 2 rings (SSSR count). The molecule has 0 radical (unpaired) electrons. The lowest BCUT2D eigenvalue weighted by Crippen LogP contribution is -2.12. The van der Waals surface area contributed by atoms with Crippen molar-refractivity contribution < 1.29 is 9.90 Å². The molecule has 1 N–H and O–H groups in total. The van der Waals surface area contributed by atoms with Crippen molar-refractivity contribution in [1.29, 1.82) is 0 Å². The molecule has 4 atom stereocenters. The van der Waals surface area contributed by atoms with Crippen LogP contribution in [0.2, 0.25) is 0 Å². The molecule has 22 heavy (non-hydrogen) atoms. The van der Waals surface area contributed by atoms with Crippen LogP contribution < -0.4 is 0 Å². The van der Waals surface area contributed by atoms with Gasteiger partial charge in [0.15, 0.2) is 0 Å². The van der Waals surface area contributed by atoms with E-state index in [4.69, 9.17) is 0 Å². The zero-order chi connectivity index (χ0) is 16.5. The van der Waals surface area contributed by atoms with Crippen molar-refractivity contribution in [1.82, 2.24) is 0 Å². The maximum Gasteiger partial charge on any atom is 0.139 e. The number of ketones is 1. The Morgan fingerprint density at radius 1 is 1.18 bits per heavy atom. The minimum absolute atomic E-state index is 0.155. The van der Waals surface area contributed by atoms with Gasteiger partial charge >= 0.3 is 0 Å². The molecular weight excluding hydrogens is 272 g/mol. The van der Waals surface area contributed by atoms with Crippen LogP contribution in [-0.2, 0) is 4.79 Å². The van der Waals surface area contributed by atoms with Crippen LogP contribution in [0.3, 0.4) is 0 Å². The standard InChI is InChI=1S/C20H32O2/c1-13-6-8-17-18(20(17,4)5)12-15(3)19(22)9-7-14(2)11-16(21)10-13/h7,10,15-18,21H,6,8-9,11-12H2,1-5H3/t15-,16+,17-,18-/m1/s1. The highest BCUT2D eigenvalue weighted by Gasteiger charge is 2.56. The highest BCUT2D eigenvalue weighted by molar-refractivity contribution is 5.82. The summed E-state index contributed by atoms with van der Waals surface area (Å²) in [4.78, 5) is 12.3. The molecule has 0 amide bonds. The molecule has 2 aliphatic rings. The summed E-state index contributed by atoms with van der Waals surface area (Å²) in [5, 5.41) is 10.2. The molecule has 0 unspecified atom stereocenters. The number of hydrogen-bond donors (Lipinski definition) is 1. The van der Waals surface area contributed by atoms with Gasteiger partial charge in [0.05, 0.1) is 6.10 Å². The number of aliphatic hydroxyl groups excluding tert-OH is 1. The fourth-order valence-corrected chi connectivity index (χ4v) is 4.15. The number of fused-ring (bicyclic) bond motifs is 1.